The standard InChI is InChI=1S/C35H52O5/c1-6-8-10-12-13-14-15-17-25-38-34-33(39-26-23-29(5)20-18-19-28(3)4)31-22-21-30(27-32(31)40-35(34)36)37-24-16-11-9-7-2/h9,11,19,21-23,27H,6-8,10,12-18,20,24-26H2,1-5H3. The summed E-state index contributed by atoms with van der Waals surface area (Å²) in [5, 5.41) is 0.708. The van der Waals surface area contributed by atoms with Crippen LogP contribution in [0.2, 0.25) is 0 Å². The fraction of sp³-hybridized carbons (Fsp3) is 0.571. The van der Waals surface area contributed by atoms with Crippen molar-refractivity contribution in [3.8, 4) is 17.2 Å². The molecule has 0 unspecified atom stereocenters. The number of allylic oxidation sites excluding steroid dienone is 4. The first-order valence-corrected chi connectivity index (χ1v) is 15.4. The van der Waals surface area contributed by atoms with Crippen molar-refractivity contribution >= 4 is 11.0 Å². The molecule has 0 aliphatic rings. The number of hydrogen-bond acceptors (Lipinski definition) is 5. The average molecular weight is 553 g/mol. The van der Waals surface area contributed by atoms with Gasteiger partial charge in [-0.2, -0.15) is 0 Å². The maximum absolute atomic E-state index is 13.0. The Hall–Kier alpha value is -2.95. The molecule has 1 heterocycles. The molecule has 5 heteroatoms. The lowest BCUT2D eigenvalue weighted by molar-refractivity contribution is 0.264. The third kappa shape index (κ3) is 12.9. The first kappa shape index (κ1) is 33.3. The first-order chi connectivity index (χ1) is 19.5. The fourth-order valence-corrected chi connectivity index (χ4v) is 4.39. The van der Waals surface area contributed by atoms with E-state index in [1.165, 1.54) is 49.7 Å². The van der Waals surface area contributed by atoms with Crippen molar-refractivity contribution in [2.45, 2.75) is 112 Å². The van der Waals surface area contributed by atoms with Crippen LogP contribution in [-0.4, -0.2) is 19.8 Å². The van der Waals surface area contributed by atoms with E-state index in [1.807, 2.05) is 12.1 Å². The maximum Gasteiger partial charge on any atom is 0.383 e. The SMILES string of the molecule is CCC=CCCOc1ccc2c(OCC=C(C)CCC=C(C)C)c(OCCCCCCCCCC)c(=O)oc2c1. The maximum atomic E-state index is 13.0. The summed E-state index contributed by atoms with van der Waals surface area (Å²) >= 11 is 0. The van der Waals surface area contributed by atoms with E-state index in [1.54, 1.807) is 6.07 Å². The zero-order valence-electron chi connectivity index (χ0n) is 25.7. The molecule has 2 rings (SSSR count). The molecule has 5 nitrogen and oxygen atoms in total. The molecule has 40 heavy (non-hydrogen) atoms. The highest BCUT2D eigenvalue weighted by molar-refractivity contribution is 5.86. The second-order valence-electron chi connectivity index (χ2n) is 10.7. The number of benzene rings is 1. The lowest BCUT2D eigenvalue weighted by Gasteiger charge is -2.14. The molecule has 1 aromatic heterocycles. The molecule has 0 saturated heterocycles. The van der Waals surface area contributed by atoms with Crippen molar-refractivity contribution in [2.75, 3.05) is 19.8 Å². The second-order valence-corrected chi connectivity index (χ2v) is 10.7. The highest BCUT2D eigenvalue weighted by atomic mass is 16.5. The fourth-order valence-electron chi connectivity index (χ4n) is 4.39. The summed E-state index contributed by atoms with van der Waals surface area (Å²) in [4.78, 5) is 13.0. The van der Waals surface area contributed by atoms with E-state index in [0.29, 0.717) is 42.3 Å². The number of unbranched alkanes of at least 4 members (excludes halogenated alkanes) is 7. The molecule has 0 aliphatic carbocycles. The van der Waals surface area contributed by atoms with E-state index in [9.17, 15) is 4.79 Å². The Labute approximate surface area is 242 Å². The van der Waals surface area contributed by atoms with Gasteiger partial charge in [0.2, 0.25) is 5.75 Å². The van der Waals surface area contributed by atoms with E-state index in [2.05, 4.69) is 58.9 Å². The molecule has 0 atom stereocenters. The van der Waals surface area contributed by atoms with Gasteiger partial charge < -0.3 is 18.6 Å². The van der Waals surface area contributed by atoms with Gasteiger partial charge in [-0.15, -0.1) is 0 Å². The smallest absolute Gasteiger partial charge is 0.383 e. The normalized spacial score (nSPS) is 11.8. The molecule has 0 fully saturated rings. The molecule has 2 aromatic rings. The Morgan fingerprint density at radius 2 is 1.55 bits per heavy atom. The number of fused-ring (bicyclic) bond motifs is 1. The van der Waals surface area contributed by atoms with Crippen LogP contribution < -0.4 is 19.8 Å². The van der Waals surface area contributed by atoms with E-state index >= 15 is 0 Å². The van der Waals surface area contributed by atoms with Crippen molar-refractivity contribution in [3.05, 3.63) is 64.1 Å². The molecule has 222 valence electrons. The van der Waals surface area contributed by atoms with Crippen LogP contribution in [0, 0.1) is 0 Å². The highest BCUT2D eigenvalue weighted by Gasteiger charge is 2.18. The van der Waals surface area contributed by atoms with Crippen LogP contribution in [0.4, 0.5) is 0 Å². The van der Waals surface area contributed by atoms with Gasteiger partial charge in [0.1, 0.15) is 17.9 Å². The zero-order valence-corrected chi connectivity index (χ0v) is 25.7. The summed E-state index contributed by atoms with van der Waals surface area (Å²) in [5.74, 6) is 1.26. The second kappa shape index (κ2) is 20.0. The van der Waals surface area contributed by atoms with Crippen LogP contribution >= 0.6 is 0 Å². The number of hydrogen-bond donors (Lipinski definition) is 0. The lowest BCUT2D eigenvalue weighted by Crippen LogP contribution is -2.11. The summed E-state index contributed by atoms with van der Waals surface area (Å²) in [6.45, 7) is 12.1. The van der Waals surface area contributed by atoms with Crippen LogP contribution in [0.25, 0.3) is 11.0 Å². The van der Waals surface area contributed by atoms with Crippen molar-refractivity contribution < 1.29 is 18.6 Å². The largest absolute Gasteiger partial charge is 0.493 e. The Morgan fingerprint density at radius 3 is 2.27 bits per heavy atom. The van der Waals surface area contributed by atoms with Gasteiger partial charge >= 0.3 is 5.63 Å². The summed E-state index contributed by atoms with van der Waals surface area (Å²) < 4.78 is 23.8. The molecular weight excluding hydrogens is 500 g/mol. The van der Waals surface area contributed by atoms with Gasteiger partial charge in [0.05, 0.1) is 18.6 Å². The monoisotopic (exact) mass is 552 g/mol. The zero-order chi connectivity index (χ0) is 29.0. The molecule has 0 aliphatic heterocycles. The van der Waals surface area contributed by atoms with E-state index in [0.717, 1.165) is 38.5 Å². The minimum Gasteiger partial charge on any atom is -0.493 e. The third-order valence-corrected chi connectivity index (χ3v) is 6.74. The van der Waals surface area contributed by atoms with Crippen LogP contribution in [0.5, 0.6) is 17.2 Å². The van der Waals surface area contributed by atoms with E-state index in [4.69, 9.17) is 18.6 Å². The summed E-state index contributed by atoms with van der Waals surface area (Å²) in [6, 6.07) is 5.54. The van der Waals surface area contributed by atoms with Gasteiger partial charge in [-0.3, -0.25) is 0 Å². The minimum absolute atomic E-state index is 0.157. The molecule has 0 amide bonds. The Morgan fingerprint density at radius 1 is 0.800 bits per heavy atom. The van der Waals surface area contributed by atoms with Crippen molar-refractivity contribution in [3.63, 3.8) is 0 Å². The number of rotatable bonds is 21. The van der Waals surface area contributed by atoms with Crippen LogP contribution in [-0.2, 0) is 0 Å². The van der Waals surface area contributed by atoms with Crippen molar-refractivity contribution in [2.24, 2.45) is 0 Å². The van der Waals surface area contributed by atoms with Crippen molar-refractivity contribution in [1.82, 2.24) is 0 Å². The Balaban J connectivity index is 2.12. The van der Waals surface area contributed by atoms with Gasteiger partial charge in [0, 0.05) is 6.07 Å². The molecule has 1 aromatic carbocycles. The van der Waals surface area contributed by atoms with Crippen LogP contribution in [0.3, 0.4) is 0 Å². The molecular formula is C35H52O5. The van der Waals surface area contributed by atoms with Crippen LogP contribution in [0.1, 0.15) is 112 Å². The molecule has 0 radical (unpaired) electrons. The quantitative estimate of drug-likeness (QED) is 0.0876. The van der Waals surface area contributed by atoms with Gasteiger partial charge in [-0.05, 0) is 71.1 Å². The summed E-state index contributed by atoms with van der Waals surface area (Å²) in [6.07, 6.45) is 22.0. The summed E-state index contributed by atoms with van der Waals surface area (Å²) in [7, 11) is 0. The lowest BCUT2D eigenvalue weighted by atomic mass is 10.1. The topological polar surface area (TPSA) is 57.9 Å². The van der Waals surface area contributed by atoms with E-state index < -0.39 is 5.63 Å². The molecule has 0 saturated carbocycles. The third-order valence-electron chi connectivity index (χ3n) is 6.74. The highest BCUT2D eigenvalue weighted by Crippen LogP contribution is 2.35. The molecule has 0 N–H and O–H groups in total. The Bertz CT molecular complexity index is 1130. The predicted molar refractivity (Wildman–Crippen MR) is 168 cm³/mol. The van der Waals surface area contributed by atoms with Gasteiger partial charge in [-0.1, -0.05) is 88.2 Å². The van der Waals surface area contributed by atoms with Crippen molar-refractivity contribution in [1.29, 1.82) is 0 Å². The van der Waals surface area contributed by atoms with Gasteiger partial charge in [0.25, 0.3) is 0 Å². The molecule has 0 bridgehead atoms. The first-order valence-electron chi connectivity index (χ1n) is 15.4. The molecule has 0 spiro atoms. The van der Waals surface area contributed by atoms with Gasteiger partial charge in [-0.25, -0.2) is 4.79 Å². The minimum atomic E-state index is -0.519. The van der Waals surface area contributed by atoms with Crippen LogP contribution in [0.15, 0.2) is 62.9 Å². The van der Waals surface area contributed by atoms with E-state index in [-0.39, 0.29) is 5.75 Å². The van der Waals surface area contributed by atoms with Gasteiger partial charge in [0.15, 0.2) is 5.75 Å². The Kier molecular flexibility index (Phi) is 16.6. The number of ether oxygens (including phenoxy) is 3. The average Bonchev–Trinajstić information content (AvgIpc) is 2.92. The summed E-state index contributed by atoms with van der Waals surface area (Å²) in [5.41, 5.74) is 2.49. The predicted octanol–water partition coefficient (Wildman–Crippen LogP) is 10.1.